The van der Waals surface area contributed by atoms with E-state index in [1.807, 2.05) is 60.7 Å². The van der Waals surface area contributed by atoms with Crippen LogP contribution in [0.2, 0.25) is 0 Å². The number of ether oxygens (including phenoxy) is 1. The molecule has 0 spiro atoms. The highest BCUT2D eigenvalue weighted by Crippen LogP contribution is 2.42. The fourth-order valence-electron chi connectivity index (χ4n) is 5.58. The molecule has 2 aliphatic heterocycles. The zero-order valence-corrected chi connectivity index (χ0v) is 19.3. The number of imide groups is 1. The molecule has 1 aliphatic carbocycles. The van der Waals surface area contributed by atoms with Gasteiger partial charge in [0.15, 0.2) is 6.10 Å². The molecule has 2 aromatic carbocycles. The lowest BCUT2D eigenvalue weighted by molar-refractivity contribution is -0.147. The zero-order chi connectivity index (χ0) is 23.5. The third kappa shape index (κ3) is 4.57. The summed E-state index contributed by atoms with van der Waals surface area (Å²) in [4.78, 5) is 42.7. The normalized spacial score (nSPS) is 26.2. The second-order valence-corrected chi connectivity index (χ2v) is 9.43. The van der Waals surface area contributed by atoms with E-state index in [0.717, 1.165) is 36.8 Å². The highest BCUT2D eigenvalue weighted by Gasteiger charge is 2.57. The maximum Gasteiger partial charge on any atom is 0.327 e. The van der Waals surface area contributed by atoms with Gasteiger partial charge in [0.1, 0.15) is 6.54 Å². The lowest BCUT2D eigenvalue weighted by atomic mass is 9.81. The molecule has 0 radical (unpaired) electrons. The van der Waals surface area contributed by atoms with Crippen molar-refractivity contribution in [2.45, 2.75) is 56.9 Å². The summed E-state index contributed by atoms with van der Waals surface area (Å²) in [7, 11) is 0. The van der Waals surface area contributed by atoms with Gasteiger partial charge < -0.3 is 15.0 Å². The molecule has 4 amide bonds. The van der Waals surface area contributed by atoms with Gasteiger partial charge in [0, 0.05) is 19.0 Å². The average molecular weight is 462 g/mol. The predicted molar refractivity (Wildman–Crippen MR) is 127 cm³/mol. The molecule has 4 unspecified atom stereocenters. The van der Waals surface area contributed by atoms with Gasteiger partial charge in [-0.05, 0) is 30.4 Å². The number of rotatable bonds is 7. The molecule has 7 nitrogen and oxygen atoms in total. The predicted octanol–water partition coefficient (Wildman–Crippen LogP) is 3.14. The molecule has 1 saturated carbocycles. The van der Waals surface area contributed by atoms with Crippen molar-refractivity contribution in [2.24, 2.45) is 5.92 Å². The van der Waals surface area contributed by atoms with Crippen LogP contribution in [0.3, 0.4) is 0 Å². The summed E-state index contributed by atoms with van der Waals surface area (Å²) in [5.74, 6) is -0.390. The van der Waals surface area contributed by atoms with Crippen LogP contribution in [0.15, 0.2) is 60.7 Å². The number of carbonyl (C=O) groups excluding carboxylic acids is 3. The minimum absolute atomic E-state index is 0.0237. The van der Waals surface area contributed by atoms with Gasteiger partial charge in [-0.15, -0.1) is 0 Å². The van der Waals surface area contributed by atoms with Crippen LogP contribution in [0.25, 0.3) is 0 Å². The Morgan fingerprint density at radius 1 is 0.941 bits per heavy atom. The number of benzene rings is 2. The molecule has 3 aliphatic rings. The largest absolute Gasteiger partial charge is 0.363 e. The molecule has 0 aromatic heterocycles. The highest BCUT2D eigenvalue weighted by molar-refractivity contribution is 6.01. The van der Waals surface area contributed by atoms with Gasteiger partial charge in [0.05, 0.1) is 12.1 Å². The average Bonchev–Trinajstić information content (AvgIpc) is 3.26. The Morgan fingerprint density at radius 3 is 2.35 bits per heavy atom. The quantitative estimate of drug-likeness (QED) is 0.687. The second kappa shape index (κ2) is 9.97. The highest BCUT2D eigenvalue weighted by atomic mass is 16.5. The molecule has 5 rings (SSSR count). The summed E-state index contributed by atoms with van der Waals surface area (Å²) >= 11 is 0. The molecular weight excluding hydrogens is 430 g/mol. The zero-order valence-electron chi connectivity index (χ0n) is 19.3. The minimum atomic E-state index is -0.691. The van der Waals surface area contributed by atoms with Crippen LogP contribution in [0.4, 0.5) is 4.79 Å². The smallest absolute Gasteiger partial charge is 0.327 e. The molecule has 4 atom stereocenters. The van der Waals surface area contributed by atoms with Crippen LogP contribution in [-0.2, 0) is 27.3 Å². The maximum atomic E-state index is 13.6. The second-order valence-electron chi connectivity index (χ2n) is 9.43. The molecule has 7 heteroatoms. The molecule has 2 aromatic rings. The van der Waals surface area contributed by atoms with Crippen LogP contribution in [-0.4, -0.2) is 59.0 Å². The van der Waals surface area contributed by atoms with E-state index in [0.29, 0.717) is 13.0 Å². The van der Waals surface area contributed by atoms with Crippen molar-refractivity contribution in [2.75, 3.05) is 13.1 Å². The first-order valence-corrected chi connectivity index (χ1v) is 12.2. The first kappa shape index (κ1) is 22.6. The molecular formula is C27H31N3O4. The monoisotopic (exact) mass is 461 g/mol. The number of urea groups is 1. The van der Waals surface area contributed by atoms with Crippen molar-refractivity contribution in [3.8, 4) is 0 Å². The Labute approximate surface area is 200 Å². The van der Waals surface area contributed by atoms with Crippen LogP contribution in [0.1, 0.15) is 36.8 Å². The van der Waals surface area contributed by atoms with Gasteiger partial charge in [-0.1, -0.05) is 73.5 Å². The first-order valence-electron chi connectivity index (χ1n) is 12.2. The van der Waals surface area contributed by atoms with Crippen LogP contribution in [0.5, 0.6) is 0 Å². The summed E-state index contributed by atoms with van der Waals surface area (Å²) in [5, 5.41) is 2.93. The van der Waals surface area contributed by atoms with E-state index in [9.17, 15) is 14.4 Å². The van der Waals surface area contributed by atoms with Crippen LogP contribution < -0.4 is 5.32 Å². The van der Waals surface area contributed by atoms with Crippen LogP contribution in [0, 0.1) is 5.92 Å². The van der Waals surface area contributed by atoms with Crippen LogP contribution >= 0.6 is 0 Å². The molecule has 34 heavy (non-hydrogen) atoms. The van der Waals surface area contributed by atoms with E-state index in [1.54, 1.807) is 4.90 Å². The van der Waals surface area contributed by atoms with Gasteiger partial charge in [0.25, 0.3) is 5.91 Å². The number of fused-ring (bicyclic) bond motifs is 3. The summed E-state index contributed by atoms with van der Waals surface area (Å²) < 4.78 is 6.24. The molecule has 1 N–H and O–H groups in total. The van der Waals surface area contributed by atoms with Crippen molar-refractivity contribution in [3.63, 3.8) is 0 Å². The standard InChI is InChI=1S/C27H31N3O4/c31-23(28-17-20-11-5-2-6-12-20)18-30-24-21-13-7-8-14-22(21)34-25(24)26(32)29(27(30)33)16-15-19-9-3-1-4-10-19/h1-6,9-12,21-22,24-25H,7-8,13-18H2,(H,28,31). The molecule has 2 saturated heterocycles. The third-order valence-corrected chi connectivity index (χ3v) is 7.28. The molecule has 2 heterocycles. The SMILES string of the molecule is O=C(CN1C(=O)N(CCc2ccccc2)C(=O)C2OC3CCCCC3C21)NCc1ccccc1. The van der Waals surface area contributed by atoms with E-state index in [4.69, 9.17) is 4.74 Å². The van der Waals surface area contributed by atoms with E-state index in [1.165, 1.54) is 4.90 Å². The maximum absolute atomic E-state index is 13.6. The summed E-state index contributed by atoms with van der Waals surface area (Å²) in [6.07, 6.45) is 3.79. The lowest BCUT2D eigenvalue weighted by Gasteiger charge is -2.43. The fourth-order valence-corrected chi connectivity index (χ4v) is 5.58. The number of carbonyl (C=O) groups is 3. The number of nitrogens with zero attached hydrogens (tertiary/aromatic N) is 2. The number of nitrogens with one attached hydrogen (secondary N) is 1. The van der Waals surface area contributed by atoms with Crippen molar-refractivity contribution in [1.29, 1.82) is 0 Å². The topological polar surface area (TPSA) is 79.0 Å². The van der Waals surface area contributed by atoms with Crippen molar-refractivity contribution >= 4 is 17.8 Å². The van der Waals surface area contributed by atoms with E-state index >= 15 is 0 Å². The fraction of sp³-hybridized carbons (Fsp3) is 0.444. The first-order chi connectivity index (χ1) is 16.6. The summed E-state index contributed by atoms with van der Waals surface area (Å²) in [6, 6.07) is 18.7. The Kier molecular flexibility index (Phi) is 6.63. The molecule has 178 valence electrons. The van der Waals surface area contributed by atoms with E-state index < -0.39 is 6.10 Å². The van der Waals surface area contributed by atoms with Gasteiger partial charge in [0.2, 0.25) is 5.91 Å². The van der Waals surface area contributed by atoms with Gasteiger partial charge in [-0.3, -0.25) is 14.5 Å². The van der Waals surface area contributed by atoms with Gasteiger partial charge in [-0.25, -0.2) is 4.79 Å². The number of amides is 4. The Bertz CT molecular complexity index is 1030. The lowest BCUT2D eigenvalue weighted by Crippen LogP contribution is -2.65. The Morgan fingerprint density at radius 2 is 1.62 bits per heavy atom. The number of hydrogen-bond donors (Lipinski definition) is 1. The molecule has 0 bridgehead atoms. The van der Waals surface area contributed by atoms with E-state index in [2.05, 4.69) is 5.32 Å². The van der Waals surface area contributed by atoms with Gasteiger partial charge >= 0.3 is 6.03 Å². The summed E-state index contributed by atoms with van der Waals surface area (Å²) in [5.41, 5.74) is 2.05. The number of hydrogen-bond acceptors (Lipinski definition) is 4. The molecule has 3 fully saturated rings. The Balaban J connectivity index is 1.33. The van der Waals surface area contributed by atoms with Crippen molar-refractivity contribution < 1.29 is 19.1 Å². The van der Waals surface area contributed by atoms with Crippen molar-refractivity contribution in [1.82, 2.24) is 15.1 Å². The van der Waals surface area contributed by atoms with E-state index in [-0.39, 0.29) is 49.0 Å². The summed E-state index contributed by atoms with van der Waals surface area (Å²) in [6.45, 7) is 0.593. The van der Waals surface area contributed by atoms with Gasteiger partial charge in [-0.2, -0.15) is 0 Å². The Hall–Kier alpha value is -3.19. The third-order valence-electron chi connectivity index (χ3n) is 7.28. The minimum Gasteiger partial charge on any atom is -0.363 e. The van der Waals surface area contributed by atoms with Crippen molar-refractivity contribution in [3.05, 3.63) is 71.8 Å².